The van der Waals surface area contributed by atoms with Gasteiger partial charge in [-0.3, -0.25) is 4.90 Å². The minimum absolute atomic E-state index is 0.278. The van der Waals surface area contributed by atoms with Crippen LogP contribution in [0.3, 0.4) is 0 Å². The average molecular weight is 363 g/mol. The first-order chi connectivity index (χ1) is 13.0. The highest BCUT2D eigenvalue weighted by molar-refractivity contribution is 5.81. The molecule has 4 nitrogen and oxygen atoms in total. The van der Waals surface area contributed by atoms with Crippen LogP contribution in [-0.2, 0) is 6.54 Å². The van der Waals surface area contributed by atoms with Gasteiger partial charge in [-0.15, -0.1) is 0 Å². The third-order valence-electron chi connectivity index (χ3n) is 5.79. The molecule has 1 N–H and O–H groups in total. The number of piperidine rings is 1. The van der Waals surface area contributed by atoms with Crippen LogP contribution in [0.1, 0.15) is 41.0 Å². The third kappa shape index (κ3) is 3.76. The molecule has 0 atom stereocenters. The number of aromatic hydroxyl groups is 1. The number of hydrogen-bond donors (Lipinski definition) is 1. The second-order valence-electron chi connectivity index (χ2n) is 7.67. The van der Waals surface area contributed by atoms with E-state index < -0.39 is 0 Å². The van der Waals surface area contributed by atoms with E-state index in [2.05, 4.69) is 17.9 Å². The first-order valence-electron chi connectivity index (χ1n) is 9.55. The van der Waals surface area contributed by atoms with Crippen molar-refractivity contribution in [3.8, 4) is 5.75 Å². The fraction of sp³-hybridized carbons (Fsp3) is 0.348. The maximum atomic E-state index is 12.0. The smallest absolute Gasteiger partial charge is 0.336 e. The zero-order valence-electron chi connectivity index (χ0n) is 15.9. The van der Waals surface area contributed by atoms with E-state index in [1.807, 2.05) is 25.1 Å². The number of phenolic OH excluding ortho intramolecular Hbond substituents is 1. The van der Waals surface area contributed by atoms with Crippen LogP contribution < -0.4 is 5.63 Å². The molecule has 1 aromatic heterocycles. The molecule has 2 aromatic carbocycles. The van der Waals surface area contributed by atoms with Crippen LogP contribution in [0.5, 0.6) is 5.75 Å². The summed E-state index contributed by atoms with van der Waals surface area (Å²) in [5.74, 6) is 0.848. The minimum Gasteiger partial charge on any atom is -0.508 e. The number of aryl methyl sites for hydroxylation is 2. The Balaban J connectivity index is 1.51. The number of rotatable bonds is 3. The van der Waals surface area contributed by atoms with Gasteiger partial charge in [-0.1, -0.05) is 12.1 Å². The van der Waals surface area contributed by atoms with Crippen molar-refractivity contribution in [1.29, 1.82) is 0 Å². The number of nitrogens with zero attached hydrogens (tertiary/aromatic N) is 1. The Hall–Kier alpha value is -2.59. The SMILES string of the molecule is Cc1cc2oc(=O)cc(CN3CCC(c4ccc(O)cc4)CC3)c2cc1C. The highest BCUT2D eigenvalue weighted by Gasteiger charge is 2.21. The van der Waals surface area contributed by atoms with Crippen molar-refractivity contribution in [2.45, 2.75) is 39.2 Å². The zero-order chi connectivity index (χ0) is 19.0. The van der Waals surface area contributed by atoms with E-state index in [0.717, 1.165) is 49.0 Å². The molecule has 4 rings (SSSR count). The predicted molar refractivity (Wildman–Crippen MR) is 107 cm³/mol. The number of likely N-dealkylation sites (tertiary alicyclic amines) is 1. The van der Waals surface area contributed by atoms with Gasteiger partial charge < -0.3 is 9.52 Å². The van der Waals surface area contributed by atoms with Gasteiger partial charge in [-0.05, 0) is 92.2 Å². The molecule has 2 heterocycles. The Kier molecular flexibility index (Phi) is 4.75. The molecule has 1 saturated heterocycles. The van der Waals surface area contributed by atoms with Crippen LogP contribution in [0.2, 0.25) is 0 Å². The van der Waals surface area contributed by atoms with Gasteiger partial charge in [-0.2, -0.15) is 0 Å². The second kappa shape index (κ2) is 7.20. The summed E-state index contributed by atoms with van der Waals surface area (Å²) < 4.78 is 5.42. The molecule has 1 fully saturated rings. The Bertz CT molecular complexity index is 1010. The lowest BCUT2D eigenvalue weighted by atomic mass is 9.89. The van der Waals surface area contributed by atoms with Gasteiger partial charge in [-0.25, -0.2) is 4.79 Å². The van der Waals surface area contributed by atoms with Gasteiger partial charge >= 0.3 is 5.63 Å². The fourth-order valence-electron chi connectivity index (χ4n) is 4.03. The summed E-state index contributed by atoms with van der Waals surface area (Å²) in [6.07, 6.45) is 2.17. The number of hydrogen-bond acceptors (Lipinski definition) is 4. The first-order valence-corrected chi connectivity index (χ1v) is 9.55. The lowest BCUT2D eigenvalue weighted by molar-refractivity contribution is 0.205. The molecule has 4 heteroatoms. The third-order valence-corrected chi connectivity index (χ3v) is 5.79. The predicted octanol–water partition coefficient (Wildman–Crippen LogP) is 4.50. The molecular weight excluding hydrogens is 338 g/mol. The average Bonchev–Trinajstić information content (AvgIpc) is 2.65. The molecule has 1 aliphatic rings. The van der Waals surface area contributed by atoms with Gasteiger partial charge in [0, 0.05) is 18.0 Å². The maximum Gasteiger partial charge on any atom is 0.336 e. The van der Waals surface area contributed by atoms with Crippen LogP contribution in [0.15, 0.2) is 51.7 Å². The molecule has 140 valence electrons. The highest BCUT2D eigenvalue weighted by atomic mass is 16.4. The summed E-state index contributed by atoms with van der Waals surface area (Å²) >= 11 is 0. The summed E-state index contributed by atoms with van der Waals surface area (Å²) in [7, 11) is 0. The first kappa shape index (κ1) is 17.8. The van der Waals surface area contributed by atoms with E-state index in [9.17, 15) is 9.90 Å². The van der Waals surface area contributed by atoms with E-state index in [1.54, 1.807) is 18.2 Å². The zero-order valence-corrected chi connectivity index (χ0v) is 15.9. The number of phenols is 1. The summed E-state index contributed by atoms with van der Waals surface area (Å²) in [4.78, 5) is 14.4. The van der Waals surface area contributed by atoms with Gasteiger partial charge in [0.2, 0.25) is 0 Å². The monoisotopic (exact) mass is 363 g/mol. The molecule has 0 saturated carbocycles. The van der Waals surface area contributed by atoms with Crippen LogP contribution >= 0.6 is 0 Å². The van der Waals surface area contributed by atoms with Gasteiger partial charge in [0.05, 0.1) is 0 Å². The normalized spacial score (nSPS) is 16.1. The van der Waals surface area contributed by atoms with E-state index in [4.69, 9.17) is 4.42 Å². The largest absolute Gasteiger partial charge is 0.508 e. The summed E-state index contributed by atoms with van der Waals surface area (Å²) in [5, 5.41) is 10.5. The number of fused-ring (bicyclic) bond motifs is 1. The van der Waals surface area contributed by atoms with Gasteiger partial charge in [0.1, 0.15) is 11.3 Å². The van der Waals surface area contributed by atoms with E-state index in [1.165, 1.54) is 11.1 Å². The van der Waals surface area contributed by atoms with Crippen molar-refractivity contribution < 1.29 is 9.52 Å². The van der Waals surface area contributed by atoms with Crippen LogP contribution in [-0.4, -0.2) is 23.1 Å². The van der Waals surface area contributed by atoms with Crippen molar-refractivity contribution in [1.82, 2.24) is 4.90 Å². The minimum atomic E-state index is -0.278. The summed E-state index contributed by atoms with van der Waals surface area (Å²) in [6.45, 7) is 6.89. The maximum absolute atomic E-state index is 12.0. The van der Waals surface area contributed by atoms with Crippen LogP contribution in [0, 0.1) is 13.8 Å². The molecule has 1 aliphatic heterocycles. The molecule has 0 aliphatic carbocycles. The summed E-state index contributed by atoms with van der Waals surface area (Å²) in [6, 6.07) is 13.3. The number of benzene rings is 2. The van der Waals surface area contributed by atoms with Crippen LogP contribution in [0.4, 0.5) is 0 Å². The molecule has 3 aromatic rings. The lowest BCUT2D eigenvalue weighted by Crippen LogP contribution is -2.32. The van der Waals surface area contributed by atoms with Crippen molar-refractivity contribution >= 4 is 11.0 Å². The Morgan fingerprint density at radius 3 is 2.41 bits per heavy atom. The Morgan fingerprint density at radius 1 is 1.04 bits per heavy atom. The molecule has 0 radical (unpaired) electrons. The summed E-state index contributed by atoms with van der Waals surface area (Å²) in [5.41, 5.74) is 5.09. The molecular formula is C23H25NO3. The van der Waals surface area contributed by atoms with E-state index in [-0.39, 0.29) is 5.63 Å². The molecule has 0 unspecified atom stereocenters. The standard InChI is InChI=1S/C23H25NO3/c1-15-11-21-19(13-23(26)27-22(21)12-16(15)2)14-24-9-7-18(8-10-24)17-3-5-20(25)6-4-17/h3-6,11-13,18,25H,7-10,14H2,1-2H3. The fourth-order valence-corrected chi connectivity index (χ4v) is 4.03. The van der Waals surface area contributed by atoms with E-state index in [0.29, 0.717) is 17.3 Å². The molecule has 0 spiro atoms. The molecule has 27 heavy (non-hydrogen) atoms. The topological polar surface area (TPSA) is 53.7 Å². The van der Waals surface area contributed by atoms with Crippen molar-refractivity contribution in [2.24, 2.45) is 0 Å². The van der Waals surface area contributed by atoms with Crippen molar-refractivity contribution in [3.63, 3.8) is 0 Å². The Morgan fingerprint density at radius 2 is 1.70 bits per heavy atom. The van der Waals surface area contributed by atoms with Crippen molar-refractivity contribution in [2.75, 3.05) is 13.1 Å². The van der Waals surface area contributed by atoms with Crippen LogP contribution in [0.25, 0.3) is 11.0 Å². The highest BCUT2D eigenvalue weighted by Crippen LogP contribution is 2.30. The lowest BCUT2D eigenvalue weighted by Gasteiger charge is -2.32. The quantitative estimate of drug-likeness (QED) is 0.697. The van der Waals surface area contributed by atoms with Gasteiger partial charge in [0.25, 0.3) is 0 Å². The van der Waals surface area contributed by atoms with E-state index >= 15 is 0 Å². The van der Waals surface area contributed by atoms with Crippen molar-refractivity contribution in [3.05, 3.63) is 75.1 Å². The second-order valence-corrected chi connectivity index (χ2v) is 7.67. The molecule has 0 bridgehead atoms. The Labute approximate surface area is 159 Å². The molecule has 0 amide bonds. The van der Waals surface area contributed by atoms with Gasteiger partial charge in [0.15, 0.2) is 0 Å².